The summed E-state index contributed by atoms with van der Waals surface area (Å²) < 4.78 is 43.5. The molecule has 1 aliphatic heterocycles. The fourth-order valence-corrected chi connectivity index (χ4v) is 6.02. The molecule has 1 atom stereocenters. The van der Waals surface area contributed by atoms with E-state index in [1.165, 1.54) is 35.3 Å². The predicted molar refractivity (Wildman–Crippen MR) is 129 cm³/mol. The van der Waals surface area contributed by atoms with Crippen molar-refractivity contribution in [2.24, 2.45) is 0 Å². The fourth-order valence-electron chi connectivity index (χ4n) is 3.58. The third kappa shape index (κ3) is 5.93. The highest BCUT2D eigenvalue weighted by molar-refractivity contribution is 8.00. The molecule has 0 saturated carbocycles. The molecule has 3 rings (SSSR count). The van der Waals surface area contributed by atoms with Crippen LogP contribution in [0, 0.1) is 0 Å². The first-order chi connectivity index (χ1) is 15.8. The summed E-state index contributed by atoms with van der Waals surface area (Å²) in [5.74, 6) is 1.30. The number of hydrogen-bond acceptors (Lipinski definition) is 7. The molecule has 0 radical (unpaired) electrons. The molecule has 0 spiro atoms. The van der Waals surface area contributed by atoms with E-state index in [1.54, 1.807) is 39.3 Å². The minimum absolute atomic E-state index is 0.140. The van der Waals surface area contributed by atoms with Crippen molar-refractivity contribution in [3.8, 4) is 17.2 Å². The minimum atomic E-state index is -3.63. The van der Waals surface area contributed by atoms with E-state index in [4.69, 9.17) is 14.2 Å². The van der Waals surface area contributed by atoms with E-state index in [9.17, 15) is 13.2 Å². The Morgan fingerprint density at radius 1 is 0.939 bits per heavy atom. The molecule has 1 N–H and O–H groups in total. The number of sulfonamides is 1. The highest BCUT2D eigenvalue weighted by Crippen LogP contribution is 2.35. The molecule has 180 valence electrons. The van der Waals surface area contributed by atoms with Gasteiger partial charge in [-0.3, -0.25) is 4.79 Å². The van der Waals surface area contributed by atoms with E-state index in [0.717, 1.165) is 24.2 Å². The summed E-state index contributed by atoms with van der Waals surface area (Å²) in [6.07, 6.45) is 2.74. The van der Waals surface area contributed by atoms with Gasteiger partial charge in [-0.1, -0.05) is 6.42 Å². The number of anilines is 1. The number of piperidine rings is 1. The average molecular weight is 495 g/mol. The summed E-state index contributed by atoms with van der Waals surface area (Å²) in [5.41, 5.74) is 0.320. The standard InChI is InChI=1S/C23H30N2O6S2/c1-16(32-17-8-10-21(30-3)22(14-17)31-4)23(26)24-19-15-18(9-11-20(19)29-2)33(27,28)25-12-6-5-7-13-25/h8-11,14-16H,5-7,12-13H2,1-4H3,(H,24,26). The summed E-state index contributed by atoms with van der Waals surface area (Å²) in [4.78, 5) is 13.9. The van der Waals surface area contributed by atoms with E-state index < -0.39 is 15.3 Å². The van der Waals surface area contributed by atoms with E-state index in [2.05, 4.69) is 5.32 Å². The first-order valence-corrected chi connectivity index (χ1v) is 13.0. The van der Waals surface area contributed by atoms with Gasteiger partial charge in [-0.15, -0.1) is 11.8 Å². The molecule has 1 fully saturated rings. The van der Waals surface area contributed by atoms with Gasteiger partial charge in [0, 0.05) is 18.0 Å². The Balaban J connectivity index is 1.77. The van der Waals surface area contributed by atoms with Crippen LogP contribution < -0.4 is 19.5 Å². The number of ether oxygens (including phenoxy) is 3. The van der Waals surface area contributed by atoms with Crippen LogP contribution in [0.25, 0.3) is 0 Å². The summed E-state index contributed by atoms with van der Waals surface area (Å²) in [6.45, 7) is 2.79. The molecule has 1 saturated heterocycles. The Morgan fingerprint density at radius 3 is 2.21 bits per heavy atom. The van der Waals surface area contributed by atoms with Gasteiger partial charge < -0.3 is 19.5 Å². The maximum Gasteiger partial charge on any atom is 0.243 e. The Morgan fingerprint density at radius 2 is 1.58 bits per heavy atom. The van der Waals surface area contributed by atoms with Crippen molar-refractivity contribution in [3.05, 3.63) is 36.4 Å². The van der Waals surface area contributed by atoms with E-state index in [1.807, 2.05) is 6.07 Å². The second-order valence-corrected chi connectivity index (χ2v) is 10.9. The lowest BCUT2D eigenvalue weighted by molar-refractivity contribution is -0.115. The number of nitrogens with zero attached hydrogens (tertiary/aromatic N) is 1. The lowest BCUT2D eigenvalue weighted by atomic mass is 10.2. The second-order valence-electron chi connectivity index (χ2n) is 7.59. The Bertz CT molecular complexity index is 1080. The van der Waals surface area contributed by atoms with Crippen LogP contribution in [-0.4, -0.2) is 58.3 Å². The number of carbonyl (C=O) groups is 1. The van der Waals surface area contributed by atoms with Crippen LogP contribution in [0.3, 0.4) is 0 Å². The normalized spacial score (nSPS) is 15.5. The van der Waals surface area contributed by atoms with Crippen molar-refractivity contribution >= 4 is 33.4 Å². The summed E-state index contributed by atoms with van der Waals surface area (Å²) in [5, 5.41) is 2.36. The molecule has 2 aromatic rings. The van der Waals surface area contributed by atoms with Crippen molar-refractivity contribution in [3.63, 3.8) is 0 Å². The van der Waals surface area contributed by atoms with Gasteiger partial charge in [-0.05, 0) is 56.2 Å². The lowest BCUT2D eigenvalue weighted by Crippen LogP contribution is -2.35. The smallest absolute Gasteiger partial charge is 0.243 e. The first kappa shape index (κ1) is 25.2. The molecule has 1 aliphatic rings. The fraction of sp³-hybridized carbons (Fsp3) is 0.435. The van der Waals surface area contributed by atoms with Gasteiger partial charge in [0.1, 0.15) is 5.75 Å². The van der Waals surface area contributed by atoms with Crippen LogP contribution >= 0.6 is 11.8 Å². The van der Waals surface area contributed by atoms with Gasteiger partial charge in [0.05, 0.1) is 37.2 Å². The molecule has 33 heavy (non-hydrogen) atoms. The number of rotatable bonds is 9. The van der Waals surface area contributed by atoms with Crippen LogP contribution in [0.4, 0.5) is 5.69 Å². The average Bonchev–Trinajstić information content (AvgIpc) is 2.84. The van der Waals surface area contributed by atoms with E-state index >= 15 is 0 Å². The Labute approximate surface area is 199 Å². The van der Waals surface area contributed by atoms with Crippen LogP contribution in [-0.2, 0) is 14.8 Å². The molecule has 2 aromatic carbocycles. The Hall–Kier alpha value is -2.43. The lowest BCUT2D eigenvalue weighted by Gasteiger charge is -2.26. The first-order valence-electron chi connectivity index (χ1n) is 10.7. The molecule has 1 heterocycles. The number of hydrogen-bond donors (Lipinski definition) is 1. The zero-order valence-electron chi connectivity index (χ0n) is 19.3. The van der Waals surface area contributed by atoms with Gasteiger partial charge in [0.2, 0.25) is 15.9 Å². The number of methoxy groups -OCH3 is 3. The minimum Gasteiger partial charge on any atom is -0.495 e. The van der Waals surface area contributed by atoms with Crippen LogP contribution in [0.5, 0.6) is 17.2 Å². The summed E-state index contributed by atoms with van der Waals surface area (Å²) in [7, 11) is 0.963. The Kier molecular flexibility index (Phi) is 8.50. The third-order valence-electron chi connectivity index (χ3n) is 5.42. The third-order valence-corrected chi connectivity index (χ3v) is 8.41. The molecule has 1 amide bonds. The predicted octanol–water partition coefficient (Wildman–Crippen LogP) is 4.01. The van der Waals surface area contributed by atoms with Crippen LogP contribution in [0.15, 0.2) is 46.2 Å². The topological polar surface area (TPSA) is 94.2 Å². The zero-order chi connectivity index (χ0) is 24.0. The summed E-state index contributed by atoms with van der Waals surface area (Å²) >= 11 is 1.35. The second kappa shape index (κ2) is 11.1. The highest BCUT2D eigenvalue weighted by Gasteiger charge is 2.27. The molecular formula is C23H30N2O6S2. The molecule has 1 unspecified atom stereocenters. The van der Waals surface area contributed by atoms with Crippen molar-refractivity contribution in [1.82, 2.24) is 4.31 Å². The monoisotopic (exact) mass is 494 g/mol. The van der Waals surface area contributed by atoms with Crippen molar-refractivity contribution in [2.45, 2.75) is 41.2 Å². The largest absolute Gasteiger partial charge is 0.495 e. The molecule has 8 nitrogen and oxygen atoms in total. The number of carbonyl (C=O) groups excluding carboxylic acids is 1. The highest BCUT2D eigenvalue weighted by atomic mass is 32.2. The maximum atomic E-state index is 13.1. The summed E-state index contributed by atoms with van der Waals surface area (Å²) in [6, 6.07) is 9.99. The van der Waals surface area contributed by atoms with Gasteiger partial charge >= 0.3 is 0 Å². The van der Waals surface area contributed by atoms with Crippen molar-refractivity contribution < 1.29 is 27.4 Å². The number of benzene rings is 2. The SMILES string of the molecule is COc1ccc(S(=O)(=O)N2CCCCC2)cc1NC(=O)C(C)Sc1ccc(OC)c(OC)c1. The quantitative estimate of drug-likeness (QED) is 0.527. The number of amides is 1. The molecular weight excluding hydrogens is 464 g/mol. The molecule has 0 bridgehead atoms. The zero-order valence-corrected chi connectivity index (χ0v) is 20.9. The number of nitrogens with one attached hydrogen (secondary N) is 1. The van der Waals surface area contributed by atoms with Crippen molar-refractivity contribution in [1.29, 1.82) is 0 Å². The molecule has 0 aliphatic carbocycles. The van der Waals surface area contributed by atoms with Gasteiger partial charge in [-0.2, -0.15) is 4.31 Å². The van der Waals surface area contributed by atoms with Crippen molar-refractivity contribution in [2.75, 3.05) is 39.7 Å². The van der Waals surface area contributed by atoms with Gasteiger partial charge in [-0.25, -0.2) is 8.42 Å². The molecule has 0 aromatic heterocycles. The van der Waals surface area contributed by atoms with E-state index in [-0.39, 0.29) is 10.8 Å². The van der Waals surface area contributed by atoms with Gasteiger partial charge in [0.15, 0.2) is 11.5 Å². The molecule has 10 heteroatoms. The number of thioether (sulfide) groups is 1. The van der Waals surface area contributed by atoms with Crippen LogP contribution in [0.2, 0.25) is 0 Å². The van der Waals surface area contributed by atoms with E-state index in [0.29, 0.717) is 36.0 Å². The maximum absolute atomic E-state index is 13.1. The van der Waals surface area contributed by atoms with Crippen LogP contribution in [0.1, 0.15) is 26.2 Å². The van der Waals surface area contributed by atoms with Gasteiger partial charge in [0.25, 0.3) is 0 Å².